The number of carbonyl (C=O) groups excluding carboxylic acids is 1. The number of hydrogen-bond acceptors (Lipinski definition) is 3. The summed E-state index contributed by atoms with van der Waals surface area (Å²) in [5.41, 5.74) is 0.424. The standard InChI is InChI=1S/C29H50O3/c1-19(8-7-15-27(2,3)31)23-11-12-24-22-10-9-21-18-20(26(30)32-6)13-16-28(21,4)25(22)14-17-29(23,24)5/h19-25,31H,7-18H2,1-6H3/t19-,20?,21+,22+,23-,24+,25+,28+,29-/m1/s1. The maximum atomic E-state index is 12.2. The van der Waals surface area contributed by atoms with E-state index in [4.69, 9.17) is 4.74 Å². The Kier molecular flexibility index (Phi) is 6.83. The summed E-state index contributed by atoms with van der Waals surface area (Å²) in [7, 11) is 1.55. The zero-order chi connectivity index (χ0) is 23.3. The van der Waals surface area contributed by atoms with Gasteiger partial charge < -0.3 is 9.84 Å². The van der Waals surface area contributed by atoms with Gasteiger partial charge in [0.15, 0.2) is 0 Å². The fourth-order valence-electron chi connectivity index (χ4n) is 9.67. The van der Waals surface area contributed by atoms with Gasteiger partial charge >= 0.3 is 5.97 Å². The van der Waals surface area contributed by atoms with Crippen molar-refractivity contribution in [3.63, 3.8) is 0 Å². The smallest absolute Gasteiger partial charge is 0.308 e. The Morgan fingerprint density at radius 3 is 2.41 bits per heavy atom. The maximum Gasteiger partial charge on any atom is 0.308 e. The molecule has 4 aliphatic carbocycles. The largest absolute Gasteiger partial charge is 0.469 e. The van der Waals surface area contributed by atoms with Gasteiger partial charge in [-0.15, -0.1) is 0 Å². The summed E-state index contributed by atoms with van der Waals surface area (Å²) in [6.07, 6.45) is 15.0. The Labute approximate surface area is 197 Å². The van der Waals surface area contributed by atoms with Gasteiger partial charge in [0.1, 0.15) is 0 Å². The van der Waals surface area contributed by atoms with Gasteiger partial charge in [0.25, 0.3) is 0 Å². The molecule has 184 valence electrons. The summed E-state index contributed by atoms with van der Waals surface area (Å²) in [4.78, 5) is 12.2. The van der Waals surface area contributed by atoms with Crippen LogP contribution in [0.3, 0.4) is 0 Å². The van der Waals surface area contributed by atoms with E-state index in [-0.39, 0.29) is 11.9 Å². The Hall–Kier alpha value is -0.570. The van der Waals surface area contributed by atoms with Gasteiger partial charge in [0.2, 0.25) is 0 Å². The highest BCUT2D eigenvalue weighted by Gasteiger charge is 2.60. The van der Waals surface area contributed by atoms with Crippen LogP contribution in [-0.4, -0.2) is 23.8 Å². The molecule has 0 bridgehead atoms. The molecular weight excluding hydrogens is 396 g/mol. The fraction of sp³-hybridized carbons (Fsp3) is 0.966. The van der Waals surface area contributed by atoms with Crippen LogP contribution in [0.15, 0.2) is 0 Å². The number of rotatable bonds is 6. The van der Waals surface area contributed by atoms with Crippen LogP contribution in [-0.2, 0) is 9.53 Å². The van der Waals surface area contributed by atoms with Crippen LogP contribution in [0, 0.1) is 52.3 Å². The molecule has 0 spiro atoms. The first-order valence-corrected chi connectivity index (χ1v) is 13.8. The second-order valence-electron chi connectivity index (χ2n) is 13.6. The molecule has 0 aromatic rings. The molecule has 4 aliphatic rings. The molecule has 4 saturated carbocycles. The molecule has 0 heterocycles. The van der Waals surface area contributed by atoms with Crippen LogP contribution in [0.25, 0.3) is 0 Å². The minimum absolute atomic E-state index is 0.0302. The molecule has 4 rings (SSSR count). The minimum Gasteiger partial charge on any atom is -0.469 e. The van der Waals surface area contributed by atoms with Crippen LogP contribution in [0.4, 0.5) is 0 Å². The van der Waals surface area contributed by atoms with Crippen molar-refractivity contribution in [3.05, 3.63) is 0 Å². The molecule has 32 heavy (non-hydrogen) atoms. The lowest BCUT2D eigenvalue weighted by Gasteiger charge is -2.61. The summed E-state index contributed by atoms with van der Waals surface area (Å²) < 4.78 is 5.11. The SMILES string of the molecule is COC(=O)C1CC[C@@]2(C)[C@@H](CC[C@@H]3[C@@H]2CC[C@]2(C)[C@@H]([C@H](C)CCCC(C)(C)O)CC[C@@H]32)C1. The molecule has 1 unspecified atom stereocenters. The van der Waals surface area contributed by atoms with Gasteiger partial charge in [-0.05, 0) is 124 Å². The first-order chi connectivity index (χ1) is 15.0. The number of ether oxygens (including phenoxy) is 1. The Morgan fingerprint density at radius 1 is 1.03 bits per heavy atom. The minimum atomic E-state index is -0.527. The van der Waals surface area contributed by atoms with Gasteiger partial charge in [0, 0.05) is 0 Å². The van der Waals surface area contributed by atoms with Crippen molar-refractivity contribution in [1.82, 2.24) is 0 Å². The average molecular weight is 447 g/mol. The Bertz CT molecular complexity index is 680. The Morgan fingerprint density at radius 2 is 1.72 bits per heavy atom. The molecule has 0 aromatic carbocycles. The molecule has 0 saturated heterocycles. The highest BCUT2D eigenvalue weighted by Crippen LogP contribution is 2.68. The van der Waals surface area contributed by atoms with Gasteiger partial charge in [-0.25, -0.2) is 0 Å². The molecule has 9 atom stereocenters. The highest BCUT2D eigenvalue weighted by atomic mass is 16.5. The monoisotopic (exact) mass is 446 g/mol. The van der Waals surface area contributed by atoms with Gasteiger partial charge in [-0.3, -0.25) is 4.79 Å². The van der Waals surface area contributed by atoms with E-state index in [9.17, 15) is 9.90 Å². The first kappa shape index (κ1) is 24.6. The van der Waals surface area contributed by atoms with Crippen LogP contribution in [0.2, 0.25) is 0 Å². The third-order valence-corrected chi connectivity index (χ3v) is 11.4. The van der Waals surface area contributed by atoms with Crippen molar-refractivity contribution >= 4 is 5.97 Å². The summed E-state index contributed by atoms with van der Waals surface area (Å²) in [6, 6.07) is 0. The lowest BCUT2D eigenvalue weighted by molar-refractivity contribution is -0.155. The summed E-state index contributed by atoms with van der Waals surface area (Å²) in [6.45, 7) is 11.6. The highest BCUT2D eigenvalue weighted by molar-refractivity contribution is 5.72. The molecular formula is C29H50O3. The number of hydrogen-bond donors (Lipinski definition) is 1. The van der Waals surface area contributed by atoms with E-state index in [1.54, 1.807) is 7.11 Å². The number of carbonyl (C=O) groups is 1. The van der Waals surface area contributed by atoms with E-state index >= 15 is 0 Å². The van der Waals surface area contributed by atoms with Crippen molar-refractivity contribution < 1.29 is 14.6 Å². The van der Waals surface area contributed by atoms with Gasteiger partial charge in [0.05, 0.1) is 18.6 Å². The summed E-state index contributed by atoms with van der Waals surface area (Å²) in [5.74, 6) is 5.18. The van der Waals surface area contributed by atoms with Crippen LogP contribution in [0.1, 0.15) is 112 Å². The predicted molar refractivity (Wildman–Crippen MR) is 130 cm³/mol. The Balaban J connectivity index is 1.43. The van der Waals surface area contributed by atoms with E-state index < -0.39 is 5.60 Å². The van der Waals surface area contributed by atoms with E-state index in [2.05, 4.69) is 20.8 Å². The third-order valence-electron chi connectivity index (χ3n) is 11.4. The number of fused-ring (bicyclic) bond motifs is 5. The number of aliphatic hydroxyl groups is 1. The molecule has 4 fully saturated rings. The molecule has 3 nitrogen and oxygen atoms in total. The molecule has 3 heteroatoms. The van der Waals surface area contributed by atoms with Crippen LogP contribution < -0.4 is 0 Å². The van der Waals surface area contributed by atoms with Crippen molar-refractivity contribution in [1.29, 1.82) is 0 Å². The summed E-state index contributed by atoms with van der Waals surface area (Å²) >= 11 is 0. The van der Waals surface area contributed by atoms with E-state index in [0.29, 0.717) is 16.7 Å². The van der Waals surface area contributed by atoms with E-state index in [1.807, 2.05) is 13.8 Å². The first-order valence-electron chi connectivity index (χ1n) is 13.8. The van der Waals surface area contributed by atoms with Crippen molar-refractivity contribution in [2.45, 2.75) is 117 Å². The second kappa shape index (κ2) is 8.90. The fourth-order valence-corrected chi connectivity index (χ4v) is 9.67. The topological polar surface area (TPSA) is 46.5 Å². The lowest BCUT2D eigenvalue weighted by Crippen LogP contribution is -2.54. The van der Waals surface area contributed by atoms with Gasteiger partial charge in [-0.2, -0.15) is 0 Å². The third kappa shape index (κ3) is 4.29. The summed E-state index contributed by atoms with van der Waals surface area (Å²) in [5, 5.41) is 10.1. The molecule has 0 radical (unpaired) electrons. The van der Waals surface area contributed by atoms with E-state index in [0.717, 1.165) is 55.3 Å². The number of esters is 1. The second-order valence-corrected chi connectivity index (χ2v) is 13.6. The van der Waals surface area contributed by atoms with E-state index in [1.165, 1.54) is 51.4 Å². The molecule has 1 N–H and O–H groups in total. The maximum absolute atomic E-state index is 12.2. The molecule has 0 aromatic heterocycles. The zero-order valence-electron chi connectivity index (χ0n) is 21.8. The predicted octanol–water partition coefficient (Wildman–Crippen LogP) is 7.01. The normalized spacial score (nSPS) is 44.8. The quantitative estimate of drug-likeness (QED) is 0.446. The van der Waals surface area contributed by atoms with Crippen LogP contribution >= 0.6 is 0 Å². The van der Waals surface area contributed by atoms with Crippen LogP contribution in [0.5, 0.6) is 0 Å². The van der Waals surface area contributed by atoms with Crippen molar-refractivity contribution in [2.75, 3.05) is 7.11 Å². The lowest BCUT2D eigenvalue weighted by atomic mass is 9.44. The number of methoxy groups -OCH3 is 1. The zero-order valence-corrected chi connectivity index (χ0v) is 21.8. The molecule has 0 amide bonds. The van der Waals surface area contributed by atoms with Crippen molar-refractivity contribution in [2.24, 2.45) is 52.3 Å². The molecule has 0 aliphatic heterocycles. The van der Waals surface area contributed by atoms with Gasteiger partial charge in [-0.1, -0.05) is 33.6 Å². The average Bonchev–Trinajstić information content (AvgIpc) is 3.09. The van der Waals surface area contributed by atoms with Crippen molar-refractivity contribution in [3.8, 4) is 0 Å².